The fraction of sp³-hybridized carbons (Fsp3) is 0.182. The highest BCUT2D eigenvalue weighted by Gasteiger charge is 2.09. The van der Waals surface area contributed by atoms with Gasteiger partial charge in [0.15, 0.2) is 0 Å². The van der Waals surface area contributed by atoms with Crippen molar-refractivity contribution in [3.63, 3.8) is 0 Å². The van der Waals surface area contributed by atoms with Crippen molar-refractivity contribution < 1.29 is 4.39 Å². The summed E-state index contributed by atoms with van der Waals surface area (Å²) < 4.78 is 14.0. The Labute approximate surface area is 105 Å². The average molecular weight is 301 g/mol. The van der Waals surface area contributed by atoms with Crippen molar-refractivity contribution in [2.45, 2.75) is 12.5 Å². The van der Waals surface area contributed by atoms with Crippen molar-refractivity contribution in [2.24, 2.45) is 5.73 Å². The number of hydrogen-bond acceptors (Lipinski definition) is 3. The largest absolute Gasteiger partial charge is 0.324 e. The van der Waals surface area contributed by atoms with E-state index in [1.165, 1.54) is 17.1 Å². The van der Waals surface area contributed by atoms with Crippen LogP contribution in [0.15, 0.2) is 34.4 Å². The van der Waals surface area contributed by atoms with Crippen LogP contribution in [0.25, 0.3) is 0 Å². The van der Waals surface area contributed by atoms with Gasteiger partial charge in [0, 0.05) is 33.4 Å². The van der Waals surface area contributed by atoms with Gasteiger partial charge in [-0.15, -0.1) is 11.3 Å². The molecular formula is C11H10BrFN2S. The minimum Gasteiger partial charge on any atom is -0.324 e. The molecule has 0 bridgehead atoms. The molecule has 2 nitrogen and oxygen atoms in total. The summed E-state index contributed by atoms with van der Waals surface area (Å²) in [5.74, 6) is -0.347. The van der Waals surface area contributed by atoms with Gasteiger partial charge in [-0.2, -0.15) is 0 Å². The second-order valence-corrected chi connectivity index (χ2v) is 5.39. The third-order valence-corrected chi connectivity index (χ3v) is 3.92. The molecule has 1 atom stereocenters. The topological polar surface area (TPSA) is 38.9 Å². The fourth-order valence-electron chi connectivity index (χ4n) is 1.43. The summed E-state index contributed by atoms with van der Waals surface area (Å²) in [6.07, 6.45) is 3.48. The molecule has 0 aromatic carbocycles. The molecule has 2 rings (SSSR count). The molecule has 0 radical (unpaired) electrons. The van der Waals surface area contributed by atoms with Crippen LogP contribution in [0.3, 0.4) is 0 Å². The van der Waals surface area contributed by atoms with Crippen molar-refractivity contribution >= 4 is 27.3 Å². The van der Waals surface area contributed by atoms with Crippen molar-refractivity contribution in [2.75, 3.05) is 0 Å². The Morgan fingerprint density at radius 2 is 2.25 bits per heavy atom. The van der Waals surface area contributed by atoms with Crippen molar-refractivity contribution in [3.8, 4) is 0 Å². The van der Waals surface area contributed by atoms with E-state index in [0.29, 0.717) is 6.42 Å². The van der Waals surface area contributed by atoms with Gasteiger partial charge in [0.25, 0.3) is 0 Å². The minimum absolute atomic E-state index is 0.214. The van der Waals surface area contributed by atoms with Gasteiger partial charge >= 0.3 is 0 Å². The van der Waals surface area contributed by atoms with Gasteiger partial charge < -0.3 is 5.73 Å². The van der Waals surface area contributed by atoms with E-state index >= 15 is 0 Å². The van der Waals surface area contributed by atoms with Gasteiger partial charge in [-0.1, -0.05) is 0 Å². The number of halogens is 2. The first-order valence-electron chi connectivity index (χ1n) is 4.74. The van der Waals surface area contributed by atoms with E-state index in [2.05, 4.69) is 20.9 Å². The molecule has 2 heterocycles. The summed E-state index contributed by atoms with van der Waals surface area (Å²) in [6, 6.07) is 3.24. The molecule has 84 valence electrons. The van der Waals surface area contributed by atoms with Crippen LogP contribution in [0.5, 0.6) is 0 Å². The maximum Gasteiger partial charge on any atom is 0.141 e. The highest BCUT2D eigenvalue weighted by molar-refractivity contribution is 9.10. The molecule has 0 aliphatic rings. The Bertz CT molecular complexity index is 486. The fourth-order valence-corrected chi connectivity index (χ4v) is 2.94. The summed E-state index contributed by atoms with van der Waals surface area (Å²) in [7, 11) is 0. The molecular weight excluding hydrogens is 291 g/mol. The van der Waals surface area contributed by atoms with Crippen LogP contribution >= 0.6 is 27.3 Å². The molecule has 0 saturated heterocycles. The van der Waals surface area contributed by atoms with Crippen LogP contribution < -0.4 is 5.73 Å². The summed E-state index contributed by atoms with van der Waals surface area (Å²) in [4.78, 5) is 4.96. The number of thiophene rings is 1. The van der Waals surface area contributed by atoms with E-state index < -0.39 is 0 Å². The summed E-state index contributed by atoms with van der Waals surface area (Å²) in [6.45, 7) is 0. The van der Waals surface area contributed by atoms with Gasteiger partial charge in [-0.25, -0.2) is 4.39 Å². The van der Waals surface area contributed by atoms with Crippen LogP contribution in [-0.2, 0) is 6.42 Å². The molecule has 0 fully saturated rings. The number of pyridine rings is 1. The number of aromatic nitrogens is 1. The van der Waals surface area contributed by atoms with Gasteiger partial charge in [-0.3, -0.25) is 4.98 Å². The molecule has 2 aromatic rings. The Morgan fingerprint density at radius 1 is 1.44 bits per heavy atom. The number of hydrogen-bond donors (Lipinski definition) is 1. The first kappa shape index (κ1) is 11.7. The van der Waals surface area contributed by atoms with Gasteiger partial charge in [-0.05, 0) is 33.6 Å². The average Bonchev–Trinajstić information content (AvgIpc) is 2.64. The van der Waals surface area contributed by atoms with Crippen molar-refractivity contribution in [1.82, 2.24) is 4.98 Å². The normalized spacial score (nSPS) is 12.7. The number of rotatable bonds is 3. The van der Waals surface area contributed by atoms with Gasteiger partial charge in [0.2, 0.25) is 0 Å². The highest BCUT2D eigenvalue weighted by atomic mass is 79.9. The standard InChI is InChI=1S/C11H10BrFN2S/c12-8-2-10(16-6-8)3-11(14)7-1-9(13)5-15-4-7/h1-2,4-6,11H,3,14H2. The van der Waals surface area contributed by atoms with Crippen LogP contribution in [0.1, 0.15) is 16.5 Å². The van der Waals surface area contributed by atoms with Crippen LogP contribution in [-0.4, -0.2) is 4.98 Å². The van der Waals surface area contributed by atoms with Crippen molar-refractivity contribution in [1.29, 1.82) is 0 Å². The lowest BCUT2D eigenvalue weighted by Crippen LogP contribution is -2.13. The van der Waals surface area contributed by atoms with Crippen molar-refractivity contribution in [3.05, 3.63) is 50.6 Å². The van der Waals surface area contributed by atoms with E-state index in [1.54, 1.807) is 17.5 Å². The molecule has 0 aliphatic carbocycles. The molecule has 2 aromatic heterocycles. The molecule has 5 heteroatoms. The molecule has 2 N–H and O–H groups in total. The molecule has 0 saturated carbocycles. The second-order valence-electron chi connectivity index (χ2n) is 3.48. The quantitative estimate of drug-likeness (QED) is 0.945. The van der Waals surface area contributed by atoms with E-state index in [1.807, 2.05) is 11.4 Å². The number of nitrogens with zero attached hydrogens (tertiary/aromatic N) is 1. The zero-order valence-corrected chi connectivity index (χ0v) is 10.8. The van der Waals surface area contributed by atoms with Gasteiger partial charge in [0.05, 0.1) is 6.20 Å². The Kier molecular flexibility index (Phi) is 3.68. The van der Waals surface area contributed by atoms with E-state index in [0.717, 1.165) is 10.0 Å². The smallest absolute Gasteiger partial charge is 0.141 e. The molecule has 1 unspecified atom stereocenters. The molecule has 0 amide bonds. The zero-order chi connectivity index (χ0) is 11.5. The van der Waals surface area contributed by atoms with E-state index in [9.17, 15) is 4.39 Å². The third kappa shape index (κ3) is 2.87. The van der Waals surface area contributed by atoms with Crippen LogP contribution in [0, 0.1) is 5.82 Å². The van der Waals surface area contributed by atoms with Gasteiger partial charge in [0.1, 0.15) is 5.82 Å². The molecule has 16 heavy (non-hydrogen) atoms. The minimum atomic E-state index is -0.347. The molecule has 0 aliphatic heterocycles. The van der Waals surface area contributed by atoms with E-state index in [-0.39, 0.29) is 11.9 Å². The lowest BCUT2D eigenvalue weighted by molar-refractivity contribution is 0.611. The zero-order valence-electron chi connectivity index (χ0n) is 8.36. The van der Waals surface area contributed by atoms with Crippen LogP contribution in [0.4, 0.5) is 4.39 Å². The monoisotopic (exact) mass is 300 g/mol. The summed E-state index contributed by atoms with van der Waals surface area (Å²) in [5.41, 5.74) is 6.72. The highest BCUT2D eigenvalue weighted by Crippen LogP contribution is 2.24. The SMILES string of the molecule is NC(Cc1cc(Br)cs1)c1cncc(F)c1. The third-order valence-electron chi connectivity index (χ3n) is 2.20. The lowest BCUT2D eigenvalue weighted by Gasteiger charge is -2.09. The van der Waals surface area contributed by atoms with Crippen LogP contribution in [0.2, 0.25) is 0 Å². The maximum absolute atomic E-state index is 12.9. The summed E-state index contributed by atoms with van der Waals surface area (Å²) in [5, 5.41) is 2.01. The Hall–Kier alpha value is -0.780. The first-order valence-corrected chi connectivity index (χ1v) is 6.41. The first-order chi connectivity index (χ1) is 7.65. The Balaban J connectivity index is 2.11. The molecule has 0 spiro atoms. The van der Waals surface area contributed by atoms with E-state index in [4.69, 9.17) is 5.73 Å². The summed E-state index contributed by atoms with van der Waals surface area (Å²) >= 11 is 5.02. The Morgan fingerprint density at radius 3 is 2.88 bits per heavy atom. The predicted octanol–water partition coefficient (Wildman–Crippen LogP) is 3.29. The number of nitrogens with two attached hydrogens (primary N) is 1. The lowest BCUT2D eigenvalue weighted by atomic mass is 10.1. The second kappa shape index (κ2) is 5.03. The predicted molar refractivity (Wildman–Crippen MR) is 66.8 cm³/mol. The maximum atomic E-state index is 12.9.